The summed E-state index contributed by atoms with van der Waals surface area (Å²) in [5.74, 6) is 0.599. The molecule has 1 aliphatic rings. The smallest absolute Gasteiger partial charge is 0.237 e. The van der Waals surface area contributed by atoms with Gasteiger partial charge in [-0.15, -0.1) is 11.8 Å². The van der Waals surface area contributed by atoms with Crippen LogP contribution < -0.4 is 4.90 Å². The maximum atomic E-state index is 13.1. The third-order valence-corrected chi connectivity index (χ3v) is 6.58. The average Bonchev–Trinajstić information content (AvgIpc) is 3.16. The molecule has 0 radical (unpaired) electrons. The number of amides is 1. The van der Waals surface area contributed by atoms with Crippen molar-refractivity contribution in [3.8, 4) is 11.3 Å². The standard InChI is InChI=1S/C25H22N2OS/c28-23(27-16-8-12-18-9-4-7-15-22(18)27)17-29-25-20-13-5-6-14-21(20)26-24(25)19-10-2-1-3-11-19/h1-7,9-11,13-15,26H,8,12,16-17H2. The van der Waals surface area contributed by atoms with Crippen LogP contribution in [0, 0.1) is 0 Å². The highest BCUT2D eigenvalue weighted by atomic mass is 32.2. The monoisotopic (exact) mass is 398 g/mol. The SMILES string of the molecule is O=C(CSc1c(-c2ccccc2)[nH]c2ccccc12)N1CCCc2ccccc21. The number of benzene rings is 3. The Hall–Kier alpha value is -2.98. The summed E-state index contributed by atoms with van der Waals surface area (Å²) >= 11 is 1.63. The van der Waals surface area contributed by atoms with Crippen LogP contribution in [0.15, 0.2) is 83.8 Å². The van der Waals surface area contributed by atoms with E-state index in [2.05, 4.69) is 53.5 Å². The van der Waals surface area contributed by atoms with Crippen LogP contribution in [0.3, 0.4) is 0 Å². The number of hydrogen-bond acceptors (Lipinski definition) is 2. The Kier molecular flexibility index (Phi) is 4.86. The Morgan fingerprint density at radius 3 is 2.59 bits per heavy atom. The highest BCUT2D eigenvalue weighted by Gasteiger charge is 2.23. The molecule has 3 nitrogen and oxygen atoms in total. The van der Waals surface area contributed by atoms with Gasteiger partial charge in [0.25, 0.3) is 0 Å². The first kappa shape index (κ1) is 18.1. The fourth-order valence-corrected chi connectivity index (χ4v) is 5.15. The number of H-pyrrole nitrogens is 1. The number of aromatic nitrogens is 1. The van der Waals surface area contributed by atoms with Gasteiger partial charge in [-0.25, -0.2) is 0 Å². The lowest BCUT2D eigenvalue weighted by molar-refractivity contribution is -0.116. The molecule has 0 saturated heterocycles. The molecule has 1 aliphatic heterocycles. The summed E-state index contributed by atoms with van der Waals surface area (Å²) in [5, 5.41) is 1.17. The van der Waals surface area contributed by atoms with E-state index in [0.717, 1.165) is 46.7 Å². The molecule has 1 N–H and O–H groups in total. The molecule has 144 valence electrons. The van der Waals surface area contributed by atoms with Crippen LogP contribution in [0.1, 0.15) is 12.0 Å². The van der Waals surface area contributed by atoms with Crippen LogP contribution in [0.5, 0.6) is 0 Å². The molecule has 0 unspecified atom stereocenters. The lowest BCUT2D eigenvalue weighted by Gasteiger charge is -2.29. The Morgan fingerprint density at radius 1 is 0.931 bits per heavy atom. The van der Waals surface area contributed by atoms with Gasteiger partial charge in [0, 0.05) is 28.0 Å². The molecule has 2 heterocycles. The summed E-state index contributed by atoms with van der Waals surface area (Å²) in [4.78, 5) is 19.8. The highest BCUT2D eigenvalue weighted by molar-refractivity contribution is 8.00. The van der Waals surface area contributed by atoms with Crippen LogP contribution in [-0.2, 0) is 11.2 Å². The van der Waals surface area contributed by atoms with E-state index in [1.807, 2.05) is 35.2 Å². The third-order valence-electron chi connectivity index (χ3n) is 5.47. The zero-order valence-electron chi connectivity index (χ0n) is 16.1. The minimum Gasteiger partial charge on any atom is -0.354 e. The van der Waals surface area contributed by atoms with Gasteiger partial charge in [0.05, 0.1) is 11.4 Å². The second-order valence-corrected chi connectivity index (χ2v) is 8.29. The van der Waals surface area contributed by atoms with Gasteiger partial charge in [-0.3, -0.25) is 4.79 Å². The van der Waals surface area contributed by atoms with E-state index in [-0.39, 0.29) is 5.91 Å². The molecule has 0 bridgehead atoms. The van der Waals surface area contributed by atoms with Gasteiger partial charge in [-0.1, -0.05) is 66.7 Å². The van der Waals surface area contributed by atoms with Gasteiger partial charge in [-0.05, 0) is 36.1 Å². The number of nitrogens with zero attached hydrogens (tertiary/aromatic N) is 1. The number of carbonyl (C=O) groups is 1. The van der Waals surface area contributed by atoms with E-state index in [9.17, 15) is 4.79 Å². The normalized spacial score (nSPS) is 13.4. The molecule has 5 rings (SSSR count). The van der Waals surface area contributed by atoms with Gasteiger partial charge in [-0.2, -0.15) is 0 Å². The van der Waals surface area contributed by atoms with Crippen molar-refractivity contribution in [2.75, 3.05) is 17.2 Å². The maximum absolute atomic E-state index is 13.1. The zero-order chi connectivity index (χ0) is 19.6. The topological polar surface area (TPSA) is 36.1 Å². The van der Waals surface area contributed by atoms with E-state index < -0.39 is 0 Å². The summed E-state index contributed by atoms with van der Waals surface area (Å²) in [6.07, 6.45) is 2.07. The predicted octanol–water partition coefficient (Wildman–Crippen LogP) is 5.91. The quantitative estimate of drug-likeness (QED) is 0.434. The van der Waals surface area contributed by atoms with Gasteiger partial charge >= 0.3 is 0 Å². The molecule has 0 fully saturated rings. The Balaban J connectivity index is 1.45. The van der Waals surface area contributed by atoms with Crippen molar-refractivity contribution in [3.05, 3.63) is 84.4 Å². The van der Waals surface area contributed by atoms with E-state index in [0.29, 0.717) is 5.75 Å². The molecular weight excluding hydrogens is 376 g/mol. The van der Waals surface area contributed by atoms with E-state index >= 15 is 0 Å². The summed E-state index contributed by atoms with van der Waals surface area (Å²) in [5.41, 5.74) is 5.68. The Morgan fingerprint density at radius 2 is 1.69 bits per heavy atom. The molecule has 4 aromatic rings. The average molecular weight is 399 g/mol. The molecule has 0 aliphatic carbocycles. The van der Waals surface area contributed by atoms with E-state index in [1.165, 1.54) is 10.9 Å². The number of thioether (sulfide) groups is 1. The Bertz CT molecular complexity index is 1170. The fourth-order valence-electron chi connectivity index (χ4n) is 4.08. The van der Waals surface area contributed by atoms with Crippen molar-refractivity contribution in [1.29, 1.82) is 0 Å². The number of fused-ring (bicyclic) bond motifs is 2. The minimum absolute atomic E-state index is 0.173. The van der Waals surface area contributed by atoms with Gasteiger partial charge in [0.1, 0.15) is 0 Å². The Labute approximate surface area is 174 Å². The first-order chi connectivity index (χ1) is 14.3. The van der Waals surface area contributed by atoms with Crippen molar-refractivity contribution in [3.63, 3.8) is 0 Å². The van der Waals surface area contributed by atoms with E-state index in [4.69, 9.17) is 0 Å². The summed E-state index contributed by atoms with van der Waals surface area (Å²) in [7, 11) is 0. The predicted molar refractivity (Wildman–Crippen MR) is 122 cm³/mol. The number of nitrogens with one attached hydrogen (secondary N) is 1. The summed E-state index contributed by atoms with van der Waals surface area (Å²) in [6.45, 7) is 0.801. The maximum Gasteiger partial charge on any atom is 0.237 e. The zero-order valence-corrected chi connectivity index (χ0v) is 16.9. The van der Waals surface area contributed by atoms with Gasteiger partial charge in [0.15, 0.2) is 0 Å². The van der Waals surface area contributed by atoms with Crippen LogP contribution in [-0.4, -0.2) is 23.2 Å². The van der Waals surface area contributed by atoms with Crippen LogP contribution in [0.25, 0.3) is 22.2 Å². The fraction of sp³-hybridized carbons (Fsp3) is 0.160. The molecule has 0 spiro atoms. The van der Waals surface area contributed by atoms with Crippen molar-refractivity contribution >= 4 is 34.3 Å². The number of para-hydroxylation sites is 2. The van der Waals surface area contributed by atoms with Crippen LogP contribution in [0.2, 0.25) is 0 Å². The van der Waals surface area contributed by atoms with Crippen molar-refractivity contribution in [2.24, 2.45) is 0 Å². The molecule has 1 aromatic heterocycles. The molecule has 29 heavy (non-hydrogen) atoms. The number of rotatable bonds is 4. The third kappa shape index (κ3) is 3.45. The van der Waals surface area contributed by atoms with Crippen molar-refractivity contribution in [2.45, 2.75) is 17.7 Å². The van der Waals surface area contributed by atoms with Crippen LogP contribution >= 0.6 is 11.8 Å². The van der Waals surface area contributed by atoms with Crippen molar-refractivity contribution < 1.29 is 4.79 Å². The number of aryl methyl sites for hydroxylation is 1. The summed E-state index contributed by atoms with van der Waals surface area (Å²) < 4.78 is 0. The molecule has 0 saturated carbocycles. The second-order valence-electron chi connectivity index (χ2n) is 7.31. The molecule has 1 amide bonds. The van der Waals surface area contributed by atoms with Crippen LogP contribution in [0.4, 0.5) is 5.69 Å². The highest BCUT2D eigenvalue weighted by Crippen LogP contribution is 2.38. The molecule has 3 aromatic carbocycles. The van der Waals surface area contributed by atoms with Crippen molar-refractivity contribution in [1.82, 2.24) is 4.98 Å². The summed E-state index contributed by atoms with van der Waals surface area (Å²) in [6, 6.07) is 26.9. The molecular formula is C25H22N2OS. The number of carbonyl (C=O) groups excluding carboxylic acids is 1. The molecule has 4 heteroatoms. The molecule has 0 atom stereocenters. The second kappa shape index (κ2) is 7.80. The first-order valence-corrected chi connectivity index (χ1v) is 11.0. The lowest BCUT2D eigenvalue weighted by Crippen LogP contribution is -2.36. The first-order valence-electron chi connectivity index (χ1n) is 9.98. The number of anilines is 1. The largest absolute Gasteiger partial charge is 0.354 e. The lowest BCUT2D eigenvalue weighted by atomic mass is 10.0. The van der Waals surface area contributed by atoms with E-state index in [1.54, 1.807) is 11.8 Å². The van der Waals surface area contributed by atoms with Gasteiger partial charge in [0.2, 0.25) is 5.91 Å². The number of hydrogen-bond donors (Lipinski definition) is 1. The minimum atomic E-state index is 0.173. The van der Waals surface area contributed by atoms with Gasteiger partial charge < -0.3 is 9.88 Å². The number of aromatic amines is 1.